The molecule has 0 saturated heterocycles. The molecular formula is C9H12ClN3. The van der Waals surface area contributed by atoms with Crippen LogP contribution in [0.2, 0.25) is 0 Å². The van der Waals surface area contributed by atoms with E-state index in [1.807, 2.05) is 0 Å². The van der Waals surface area contributed by atoms with Gasteiger partial charge in [0.2, 0.25) is 5.95 Å². The van der Waals surface area contributed by atoms with Crippen molar-refractivity contribution in [3.05, 3.63) is 18.5 Å². The van der Waals surface area contributed by atoms with Crippen molar-refractivity contribution >= 4 is 17.5 Å². The summed E-state index contributed by atoms with van der Waals surface area (Å²) in [5.41, 5.74) is 0.0584. The minimum atomic E-state index is 0.0584. The molecule has 0 bridgehead atoms. The van der Waals surface area contributed by atoms with Crippen LogP contribution in [-0.4, -0.2) is 21.4 Å². The Hall–Kier alpha value is -0.830. The van der Waals surface area contributed by atoms with Crippen molar-refractivity contribution in [1.82, 2.24) is 9.97 Å². The summed E-state index contributed by atoms with van der Waals surface area (Å²) in [4.78, 5) is 8.23. The van der Waals surface area contributed by atoms with Crippen LogP contribution in [0.3, 0.4) is 0 Å². The summed E-state index contributed by atoms with van der Waals surface area (Å²) in [5.74, 6) is 1.31. The molecule has 1 heterocycles. The highest BCUT2D eigenvalue weighted by molar-refractivity contribution is 6.18. The SMILES string of the molecule is ClCC1(Nc2ncccn2)CCC1. The van der Waals surface area contributed by atoms with Gasteiger partial charge in [-0.2, -0.15) is 0 Å². The third-order valence-electron chi connectivity index (χ3n) is 2.51. The zero-order valence-corrected chi connectivity index (χ0v) is 8.09. The lowest BCUT2D eigenvalue weighted by Gasteiger charge is -2.40. The fraction of sp³-hybridized carbons (Fsp3) is 0.556. The maximum Gasteiger partial charge on any atom is 0.223 e. The normalized spacial score (nSPS) is 19.2. The molecule has 1 N–H and O–H groups in total. The number of nitrogens with one attached hydrogen (secondary N) is 1. The van der Waals surface area contributed by atoms with Gasteiger partial charge in [0.1, 0.15) is 0 Å². The summed E-state index contributed by atoms with van der Waals surface area (Å²) in [6.45, 7) is 0. The largest absolute Gasteiger partial charge is 0.348 e. The summed E-state index contributed by atoms with van der Waals surface area (Å²) in [6, 6.07) is 1.80. The van der Waals surface area contributed by atoms with Crippen LogP contribution >= 0.6 is 11.6 Å². The zero-order valence-electron chi connectivity index (χ0n) is 7.33. The first kappa shape index (κ1) is 8.75. The summed E-state index contributed by atoms with van der Waals surface area (Å²) >= 11 is 5.89. The molecule has 0 aromatic carbocycles. The van der Waals surface area contributed by atoms with E-state index in [9.17, 15) is 0 Å². The number of hydrogen-bond acceptors (Lipinski definition) is 3. The first-order chi connectivity index (χ1) is 6.35. The summed E-state index contributed by atoms with van der Waals surface area (Å²) in [6.07, 6.45) is 6.95. The Morgan fingerprint density at radius 3 is 2.54 bits per heavy atom. The zero-order chi connectivity index (χ0) is 9.15. The van der Waals surface area contributed by atoms with E-state index < -0.39 is 0 Å². The highest BCUT2D eigenvalue weighted by Gasteiger charge is 2.36. The molecule has 3 nitrogen and oxygen atoms in total. The molecule has 0 amide bonds. The molecule has 1 aliphatic rings. The first-order valence-corrected chi connectivity index (χ1v) is 4.99. The molecule has 0 aliphatic heterocycles. The average Bonchev–Trinajstić information content (AvgIpc) is 2.13. The van der Waals surface area contributed by atoms with Crippen LogP contribution in [0.25, 0.3) is 0 Å². The van der Waals surface area contributed by atoms with Crippen molar-refractivity contribution in [3.63, 3.8) is 0 Å². The van der Waals surface area contributed by atoms with Gasteiger partial charge in [0, 0.05) is 18.3 Å². The second kappa shape index (κ2) is 3.50. The van der Waals surface area contributed by atoms with Crippen molar-refractivity contribution in [2.24, 2.45) is 0 Å². The van der Waals surface area contributed by atoms with Crippen molar-refractivity contribution in [1.29, 1.82) is 0 Å². The van der Waals surface area contributed by atoms with Crippen LogP contribution < -0.4 is 5.32 Å². The van der Waals surface area contributed by atoms with Gasteiger partial charge in [-0.3, -0.25) is 0 Å². The summed E-state index contributed by atoms with van der Waals surface area (Å²) in [7, 11) is 0. The van der Waals surface area contributed by atoms with E-state index in [0.29, 0.717) is 11.8 Å². The molecule has 70 valence electrons. The highest BCUT2D eigenvalue weighted by Crippen LogP contribution is 2.35. The monoisotopic (exact) mass is 197 g/mol. The van der Waals surface area contributed by atoms with E-state index in [1.54, 1.807) is 18.5 Å². The van der Waals surface area contributed by atoms with E-state index in [4.69, 9.17) is 11.6 Å². The van der Waals surface area contributed by atoms with Crippen molar-refractivity contribution in [2.45, 2.75) is 24.8 Å². The van der Waals surface area contributed by atoms with Gasteiger partial charge in [-0.25, -0.2) is 9.97 Å². The molecule has 1 fully saturated rings. The summed E-state index contributed by atoms with van der Waals surface area (Å²) < 4.78 is 0. The number of halogens is 1. The molecule has 2 rings (SSSR count). The van der Waals surface area contributed by atoms with Gasteiger partial charge < -0.3 is 5.32 Å². The Morgan fingerprint density at radius 2 is 2.08 bits per heavy atom. The fourth-order valence-electron chi connectivity index (χ4n) is 1.50. The Bertz CT molecular complexity index is 266. The van der Waals surface area contributed by atoms with E-state index in [-0.39, 0.29) is 5.54 Å². The third kappa shape index (κ3) is 1.75. The smallest absolute Gasteiger partial charge is 0.223 e. The molecule has 0 unspecified atom stereocenters. The minimum absolute atomic E-state index is 0.0584. The van der Waals surface area contributed by atoms with Crippen LogP contribution in [0.5, 0.6) is 0 Å². The van der Waals surface area contributed by atoms with Gasteiger partial charge in [0.05, 0.1) is 5.54 Å². The van der Waals surface area contributed by atoms with Gasteiger partial charge in [-0.05, 0) is 25.3 Å². The predicted octanol–water partition coefficient (Wildman–Crippen LogP) is 2.05. The quantitative estimate of drug-likeness (QED) is 0.754. The molecule has 1 aromatic rings. The molecule has 1 saturated carbocycles. The number of anilines is 1. The predicted molar refractivity (Wildman–Crippen MR) is 53.0 cm³/mol. The molecular weight excluding hydrogens is 186 g/mol. The maximum atomic E-state index is 5.89. The first-order valence-electron chi connectivity index (χ1n) is 4.46. The number of nitrogens with zero attached hydrogens (tertiary/aromatic N) is 2. The van der Waals surface area contributed by atoms with Crippen LogP contribution in [0, 0.1) is 0 Å². The second-order valence-corrected chi connectivity index (χ2v) is 3.73. The minimum Gasteiger partial charge on any atom is -0.348 e. The van der Waals surface area contributed by atoms with Gasteiger partial charge in [-0.15, -0.1) is 11.6 Å². The number of alkyl halides is 1. The average molecular weight is 198 g/mol. The number of hydrogen-bond donors (Lipinski definition) is 1. The summed E-state index contributed by atoms with van der Waals surface area (Å²) in [5, 5.41) is 3.29. The molecule has 1 aromatic heterocycles. The molecule has 0 atom stereocenters. The van der Waals surface area contributed by atoms with Gasteiger partial charge in [0.15, 0.2) is 0 Å². The Morgan fingerprint density at radius 1 is 1.38 bits per heavy atom. The third-order valence-corrected chi connectivity index (χ3v) is 3.02. The lowest BCUT2D eigenvalue weighted by atomic mass is 9.78. The van der Waals surface area contributed by atoms with Crippen LogP contribution in [-0.2, 0) is 0 Å². The lowest BCUT2D eigenvalue weighted by molar-refractivity contribution is 0.309. The Balaban J connectivity index is 2.05. The van der Waals surface area contributed by atoms with Crippen molar-refractivity contribution in [2.75, 3.05) is 11.2 Å². The number of aromatic nitrogens is 2. The molecule has 0 radical (unpaired) electrons. The Kier molecular flexibility index (Phi) is 2.36. The fourth-order valence-corrected chi connectivity index (χ4v) is 1.83. The molecule has 0 spiro atoms. The van der Waals surface area contributed by atoms with Crippen LogP contribution in [0.15, 0.2) is 18.5 Å². The molecule has 13 heavy (non-hydrogen) atoms. The van der Waals surface area contributed by atoms with Gasteiger partial charge in [0.25, 0.3) is 0 Å². The van der Waals surface area contributed by atoms with E-state index in [1.165, 1.54) is 6.42 Å². The van der Waals surface area contributed by atoms with Crippen LogP contribution in [0.4, 0.5) is 5.95 Å². The second-order valence-electron chi connectivity index (χ2n) is 3.46. The van der Waals surface area contributed by atoms with Crippen molar-refractivity contribution < 1.29 is 0 Å². The number of rotatable bonds is 3. The highest BCUT2D eigenvalue weighted by atomic mass is 35.5. The molecule has 1 aliphatic carbocycles. The van der Waals surface area contributed by atoms with E-state index in [0.717, 1.165) is 12.8 Å². The van der Waals surface area contributed by atoms with E-state index >= 15 is 0 Å². The van der Waals surface area contributed by atoms with Crippen LogP contribution in [0.1, 0.15) is 19.3 Å². The topological polar surface area (TPSA) is 37.8 Å². The molecule has 4 heteroatoms. The maximum absolute atomic E-state index is 5.89. The van der Waals surface area contributed by atoms with Crippen molar-refractivity contribution in [3.8, 4) is 0 Å². The van der Waals surface area contributed by atoms with E-state index in [2.05, 4.69) is 15.3 Å². The lowest BCUT2D eigenvalue weighted by Crippen LogP contribution is -2.47. The Labute approximate surface area is 82.5 Å². The van der Waals surface area contributed by atoms with Gasteiger partial charge >= 0.3 is 0 Å². The standard InChI is InChI=1S/C9H12ClN3/c10-7-9(3-1-4-9)13-8-11-5-2-6-12-8/h2,5-6H,1,3-4,7H2,(H,11,12,13). The van der Waals surface area contributed by atoms with Gasteiger partial charge in [-0.1, -0.05) is 0 Å².